The van der Waals surface area contributed by atoms with Crippen molar-refractivity contribution in [3.63, 3.8) is 0 Å². The van der Waals surface area contributed by atoms with Gasteiger partial charge in [0.15, 0.2) is 0 Å². The number of carbonyl (C=O) groups is 1. The van der Waals surface area contributed by atoms with Crippen LogP contribution in [0.15, 0.2) is 18.3 Å². The lowest BCUT2D eigenvalue weighted by molar-refractivity contribution is 0.0821. The number of hydrogen-bond donors (Lipinski definition) is 1. The molecule has 0 spiro atoms. The molecule has 5 heteroatoms. The third-order valence-electron chi connectivity index (χ3n) is 2.73. The summed E-state index contributed by atoms with van der Waals surface area (Å²) in [6.45, 7) is 4.35. The summed E-state index contributed by atoms with van der Waals surface area (Å²) >= 11 is 0. The minimum Gasteiger partial charge on any atom is -0.492 e. The van der Waals surface area contributed by atoms with Gasteiger partial charge in [-0.1, -0.05) is 6.92 Å². The van der Waals surface area contributed by atoms with E-state index in [9.17, 15) is 4.79 Å². The molecular weight excluding hydrogens is 230 g/mol. The van der Waals surface area contributed by atoms with Gasteiger partial charge in [0, 0.05) is 31.9 Å². The fraction of sp³-hybridized carbons (Fsp3) is 0.538. The smallest absolute Gasteiger partial charge is 0.272 e. The van der Waals surface area contributed by atoms with Gasteiger partial charge in [-0.2, -0.15) is 0 Å². The van der Waals surface area contributed by atoms with Gasteiger partial charge in [-0.3, -0.25) is 9.78 Å². The topological polar surface area (TPSA) is 68.5 Å². The van der Waals surface area contributed by atoms with E-state index < -0.39 is 0 Å². The summed E-state index contributed by atoms with van der Waals surface area (Å²) in [6.07, 6.45) is 2.38. The van der Waals surface area contributed by atoms with Gasteiger partial charge in [-0.25, -0.2) is 0 Å². The Kier molecular flexibility index (Phi) is 4.67. The monoisotopic (exact) mass is 251 g/mol. The Balaban J connectivity index is 2.74. The second-order valence-corrected chi connectivity index (χ2v) is 4.87. The number of rotatable bonds is 5. The molecule has 0 aliphatic rings. The number of nitrogens with zero attached hydrogens (tertiary/aromatic N) is 2. The number of carbonyl (C=O) groups excluding carboxylic acids is 1. The van der Waals surface area contributed by atoms with Gasteiger partial charge in [-0.05, 0) is 19.4 Å². The molecule has 5 nitrogen and oxygen atoms in total. The first-order valence-electron chi connectivity index (χ1n) is 5.95. The van der Waals surface area contributed by atoms with Gasteiger partial charge in [0.25, 0.3) is 5.91 Å². The standard InChI is InChI=1S/C13H21N3O2/c1-5-13(2,14)9-18-10-6-7-15-11(8-10)12(17)16(3)4/h6-8H,5,9,14H2,1-4H3. The normalized spacial score (nSPS) is 13.8. The van der Waals surface area contributed by atoms with Crippen LogP contribution < -0.4 is 10.5 Å². The summed E-state index contributed by atoms with van der Waals surface area (Å²) in [4.78, 5) is 17.2. The Bertz CT molecular complexity index is 416. The van der Waals surface area contributed by atoms with E-state index in [1.807, 2.05) is 13.8 Å². The molecule has 0 aliphatic carbocycles. The van der Waals surface area contributed by atoms with Crippen molar-refractivity contribution in [2.75, 3.05) is 20.7 Å². The van der Waals surface area contributed by atoms with Crippen LogP contribution in [0.3, 0.4) is 0 Å². The van der Waals surface area contributed by atoms with E-state index in [4.69, 9.17) is 10.5 Å². The zero-order valence-electron chi connectivity index (χ0n) is 11.4. The van der Waals surface area contributed by atoms with Crippen molar-refractivity contribution in [1.82, 2.24) is 9.88 Å². The summed E-state index contributed by atoms with van der Waals surface area (Å²) in [7, 11) is 3.37. The third-order valence-corrected chi connectivity index (χ3v) is 2.73. The lowest BCUT2D eigenvalue weighted by Gasteiger charge is -2.22. The van der Waals surface area contributed by atoms with Gasteiger partial charge in [-0.15, -0.1) is 0 Å². The Morgan fingerprint density at radius 2 is 2.22 bits per heavy atom. The first-order valence-corrected chi connectivity index (χ1v) is 5.95. The van der Waals surface area contributed by atoms with Gasteiger partial charge < -0.3 is 15.4 Å². The van der Waals surface area contributed by atoms with Crippen LogP contribution >= 0.6 is 0 Å². The Morgan fingerprint density at radius 3 is 2.78 bits per heavy atom. The first kappa shape index (κ1) is 14.4. The van der Waals surface area contributed by atoms with Crippen molar-refractivity contribution < 1.29 is 9.53 Å². The van der Waals surface area contributed by atoms with Crippen LogP contribution in [0.5, 0.6) is 5.75 Å². The summed E-state index contributed by atoms with van der Waals surface area (Å²) in [5.41, 5.74) is 6.00. The molecule has 1 heterocycles. The quantitative estimate of drug-likeness (QED) is 0.856. The fourth-order valence-electron chi connectivity index (χ4n) is 1.20. The maximum Gasteiger partial charge on any atom is 0.272 e. The number of nitrogens with two attached hydrogens (primary N) is 1. The molecule has 1 unspecified atom stereocenters. The average Bonchev–Trinajstić information content (AvgIpc) is 2.36. The Hall–Kier alpha value is -1.62. The first-order chi connectivity index (χ1) is 8.35. The maximum absolute atomic E-state index is 11.7. The molecule has 0 aromatic carbocycles. The van der Waals surface area contributed by atoms with E-state index in [0.717, 1.165) is 6.42 Å². The van der Waals surface area contributed by atoms with Crippen molar-refractivity contribution in [3.8, 4) is 5.75 Å². The largest absolute Gasteiger partial charge is 0.492 e. The van der Waals surface area contributed by atoms with Crippen molar-refractivity contribution in [3.05, 3.63) is 24.0 Å². The van der Waals surface area contributed by atoms with E-state index in [1.165, 1.54) is 4.90 Å². The minimum atomic E-state index is -0.366. The van der Waals surface area contributed by atoms with Crippen LogP contribution in [0.1, 0.15) is 30.8 Å². The summed E-state index contributed by atoms with van der Waals surface area (Å²) in [5.74, 6) is 0.465. The van der Waals surface area contributed by atoms with E-state index in [1.54, 1.807) is 32.4 Å². The van der Waals surface area contributed by atoms with Crippen LogP contribution in [-0.4, -0.2) is 42.0 Å². The zero-order valence-corrected chi connectivity index (χ0v) is 11.4. The minimum absolute atomic E-state index is 0.147. The summed E-state index contributed by atoms with van der Waals surface area (Å²) in [6, 6.07) is 3.35. The second kappa shape index (κ2) is 5.82. The summed E-state index contributed by atoms with van der Waals surface area (Å²) in [5, 5.41) is 0. The van der Waals surface area contributed by atoms with Crippen LogP contribution in [0.25, 0.3) is 0 Å². The molecule has 0 saturated heterocycles. The van der Waals surface area contributed by atoms with Crippen molar-refractivity contribution in [2.24, 2.45) is 5.73 Å². The molecule has 0 saturated carbocycles. The highest BCUT2D eigenvalue weighted by atomic mass is 16.5. The van der Waals surface area contributed by atoms with E-state index in [-0.39, 0.29) is 11.4 Å². The average molecular weight is 251 g/mol. The van der Waals surface area contributed by atoms with Crippen LogP contribution in [-0.2, 0) is 0 Å². The number of pyridine rings is 1. The van der Waals surface area contributed by atoms with Gasteiger partial charge >= 0.3 is 0 Å². The van der Waals surface area contributed by atoms with Crippen LogP contribution in [0.4, 0.5) is 0 Å². The molecule has 1 rings (SSSR count). The molecule has 1 aromatic rings. The predicted octanol–water partition coefficient (Wildman–Crippen LogP) is 1.29. The molecule has 0 aliphatic heterocycles. The molecule has 100 valence electrons. The predicted molar refractivity (Wildman–Crippen MR) is 70.6 cm³/mol. The highest BCUT2D eigenvalue weighted by Crippen LogP contribution is 2.14. The Labute approximate surface area is 108 Å². The highest BCUT2D eigenvalue weighted by Gasteiger charge is 2.17. The lowest BCUT2D eigenvalue weighted by Crippen LogP contribution is -2.41. The third kappa shape index (κ3) is 4.00. The van der Waals surface area contributed by atoms with Crippen LogP contribution in [0, 0.1) is 0 Å². The van der Waals surface area contributed by atoms with Crippen molar-refractivity contribution >= 4 is 5.91 Å². The highest BCUT2D eigenvalue weighted by molar-refractivity contribution is 5.92. The lowest BCUT2D eigenvalue weighted by atomic mass is 10.0. The zero-order chi connectivity index (χ0) is 13.8. The SMILES string of the molecule is CCC(C)(N)COc1ccnc(C(=O)N(C)C)c1. The molecular formula is C13H21N3O2. The molecule has 2 N–H and O–H groups in total. The maximum atomic E-state index is 11.7. The van der Waals surface area contributed by atoms with Crippen molar-refractivity contribution in [1.29, 1.82) is 0 Å². The fourth-order valence-corrected chi connectivity index (χ4v) is 1.20. The van der Waals surface area contributed by atoms with Gasteiger partial charge in [0.05, 0.1) is 0 Å². The molecule has 0 bridgehead atoms. The van der Waals surface area contributed by atoms with E-state index >= 15 is 0 Å². The number of hydrogen-bond acceptors (Lipinski definition) is 4. The molecule has 0 radical (unpaired) electrons. The van der Waals surface area contributed by atoms with Crippen molar-refractivity contribution in [2.45, 2.75) is 25.8 Å². The Morgan fingerprint density at radius 1 is 1.56 bits per heavy atom. The number of amides is 1. The summed E-state index contributed by atoms with van der Waals surface area (Å²) < 4.78 is 5.60. The number of ether oxygens (including phenoxy) is 1. The van der Waals surface area contributed by atoms with Gasteiger partial charge in [0.1, 0.15) is 18.1 Å². The molecule has 1 amide bonds. The molecule has 18 heavy (non-hydrogen) atoms. The van der Waals surface area contributed by atoms with Gasteiger partial charge in [0.2, 0.25) is 0 Å². The molecule has 1 atom stereocenters. The molecule has 1 aromatic heterocycles. The van der Waals surface area contributed by atoms with E-state index in [0.29, 0.717) is 18.1 Å². The van der Waals surface area contributed by atoms with E-state index in [2.05, 4.69) is 4.98 Å². The second-order valence-electron chi connectivity index (χ2n) is 4.87. The number of aromatic nitrogens is 1. The van der Waals surface area contributed by atoms with Crippen LogP contribution in [0.2, 0.25) is 0 Å². The molecule has 0 fully saturated rings.